The lowest BCUT2D eigenvalue weighted by atomic mass is 10.0. The molecule has 2 aliphatic heterocycles. The fourth-order valence-electron chi connectivity index (χ4n) is 3.55. The van der Waals surface area contributed by atoms with Crippen LogP contribution in [0.3, 0.4) is 0 Å². The van der Waals surface area contributed by atoms with E-state index < -0.39 is 10.0 Å². The summed E-state index contributed by atoms with van der Waals surface area (Å²) in [6.07, 6.45) is 1.86. The number of benzene rings is 1. The normalized spacial score (nSPS) is 24.7. The quantitative estimate of drug-likeness (QED) is 0.868. The minimum Gasteiger partial charge on any atom is -0.333 e. The van der Waals surface area contributed by atoms with E-state index in [2.05, 4.69) is 5.32 Å². The van der Waals surface area contributed by atoms with Crippen molar-refractivity contribution >= 4 is 21.6 Å². The Balaban J connectivity index is 1.91. The molecule has 2 aliphatic rings. The summed E-state index contributed by atoms with van der Waals surface area (Å²) < 4.78 is 25.4. The predicted octanol–water partition coefficient (Wildman–Crippen LogP) is 0.831. The summed E-state index contributed by atoms with van der Waals surface area (Å²) in [4.78, 5) is 14.6. The molecule has 2 atom stereocenters. The number of anilines is 1. The van der Waals surface area contributed by atoms with Crippen LogP contribution in [0, 0.1) is 0 Å². The predicted molar refractivity (Wildman–Crippen MR) is 90.3 cm³/mol. The second-order valence-corrected chi connectivity index (χ2v) is 8.37. The molecule has 0 bridgehead atoms. The number of sulfonamides is 1. The van der Waals surface area contributed by atoms with E-state index in [1.165, 1.54) is 10.6 Å². The van der Waals surface area contributed by atoms with Crippen molar-refractivity contribution in [3.05, 3.63) is 29.3 Å². The smallest absolute Gasteiger partial charge is 0.254 e. The first-order chi connectivity index (χ1) is 10.8. The van der Waals surface area contributed by atoms with Crippen LogP contribution in [-0.4, -0.2) is 57.2 Å². The zero-order valence-corrected chi connectivity index (χ0v) is 14.6. The second-order valence-electron chi connectivity index (χ2n) is 6.51. The van der Waals surface area contributed by atoms with Crippen molar-refractivity contribution in [1.82, 2.24) is 10.2 Å². The van der Waals surface area contributed by atoms with E-state index in [9.17, 15) is 13.2 Å². The summed E-state index contributed by atoms with van der Waals surface area (Å²) in [6, 6.07) is 5.42. The third-order valence-electron chi connectivity index (χ3n) is 4.60. The summed E-state index contributed by atoms with van der Waals surface area (Å²) in [5, 5.41) is 3.27. The lowest BCUT2D eigenvalue weighted by molar-refractivity contribution is 0.0655. The number of hydrogen-bond acceptors (Lipinski definition) is 4. The summed E-state index contributed by atoms with van der Waals surface area (Å²) >= 11 is 0. The summed E-state index contributed by atoms with van der Waals surface area (Å²) in [7, 11) is -3.30. The van der Waals surface area contributed by atoms with Gasteiger partial charge >= 0.3 is 0 Å². The number of piperazine rings is 1. The van der Waals surface area contributed by atoms with Crippen molar-refractivity contribution in [2.75, 3.05) is 30.2 Å². The van der Waals surface area contributed by atoms with E-state index in [0.717, 1.165) is 18.7 Å². The maximum absolute atomic E-state index is 12.7. The molecular formula is C16H23N3O3S. The Labute approximate surface area is 137 Å². The Morgan fingerprint density at radius 1 is 1.26 bits per heavy atom. The molecule has 1 fully saturated rings. The number of rotatable bonds is 2. The highest BCUT2D eigenvalue weighted by Crippen LogP contribution is 2.35. The van der Waals surface area contributed by atoms with Crippen molar-refractivity contribution in [1.29, 1.82) is 0 Å². The molecule has 2 heterocycles. The maximum atomic E-state index is 12.7. The lowest BCUT2D eigenvalue weighted by Crippen LogP contribution is -2.52. The first kappa shape index (κ1) is 16.3. The third-order valence-corrected chi connectivity index (χ3v) is 5.87. The topological polar surface area (TPSA) is 69.7 Å². The molecule has 0 aromatic heterocycles. The van der Waals surface area contributed by atoms with Gasteiger partial charge in [0.15, 0.2) is 0 Å². The van der Waals surface area contributed by atoms with Gasteiger partial charge in [-0.15, -0.1) is 0 Å². The molecule has 1 saturated heterocycles. The van der Waals surface area contributed by atoms with Crippen molar-refractivity contribution in [3.8, 4) is 0 Å². The fraction of sp³-hybridized carbons (Fsp3) is 0.562. The van der Waals surface area contributed by atoms with Crippen LogP contribution >= 0.6 is 0 Å². The lowest BCUT2D eigenvalue weighted by Gasteiger charge is -2.34. The van der Waals surface area contributed by atoms with Gasteiger partial charge in [0.2, 0.25) is 10.0 Å². The highest BCUT2D eigenvalue weighted by atomic mass is 32.2. The molecule has 1 aromatic rings. The summed E-state index contributed by atoms with van der Waals surface area (Å²) in [5.41, 5.74) is 2.27. The average Bonchev–Trinajstić information content (AvgIpc) is 2.81. The molecule has 0 aliphatic carbocycles. The van der Waals surface area contributed by atoms with Crippen molar-refractivity contribution in [3.63, 3.8) is 0 Å². The van der Waals surface area contributed by atoms with E-state index >= 15 is 0 Å². The van der Waals surface area contributed by atoms with Crippen LogP contribution in [0.15, 0.2) is 18.2 Å². The van der Waals surface area contributed by atoms with Gasteiger partial charge < -0.3 is 10.2 Å². The van der Waals surface area contributed by atoms with E-state index in [1.54, 1.807) is 12.1 Å². The Morgan fingerprint density at radius 3 is 2.65 bits per heavy atom. The third kappa shape index (κ3) is 2.95. The van der Waals surface area contributed by atoms with Crippen LogP contribution < -0.4 is 9.62 Å². The van der Waals surface area contributed by atoms with Crippen molar-refractivity contribution in [2.24, 2.45) is 0 Å². The van der Waals surface area contributed by atoms with Gasteiger partial charge in [0.25, 0.3) is 5.91 Å². The molecule has 23 heavy (non-hydrogen) atoms. The second kappa shape index (κ2) is 5.79. The van der Waals surface area contributed by atoms with Crippen LogP contribution in [-0.2, 0) is 16.4 Å². The minimum absolute atomic E-state index is 0.0206. The zero-order chi connectivity index (χ0) is 16.8. The highest BCUT2D eigenvalue weighted by Gasteiger charge is 2.33. The fourth-order valence-corrected chi connectivity index (χ4v) is 4.81. The molecular weight excluding hydrogens is 314 g/mol. The highest BCUT2D eigenvalue weighted by molar-refractivity contribution is 7.92. The SMILES string of the molecule is CC1Cc2cc(C(=O)N3CCNC[C@H]3C)ccc2N1S(C)(=O)=O. The number of fused-ring (bicyclic) bond motifs is 1. The van der Waals surface area contributed by atoms with Gasteiger partial charge in [-0.3, -0.25) is 9.10 Å². The van der Waals surface area contributed by atoms with Gasteiger partial charge in [0.05, 0.1) is 11.9 Å². The zero-order valence-electron chi connectivity index (χ0n) is 13.7. The van der Waals surface area contributed by atoms with Crippen LogP contribution in [0.4, 0.5) is 5.69 Å². The number of nitrogens with one attached hydrogen (secondary N) is 1. The van der Waals surface area contributed by atoms with E-state index in [0.29, 0.717) is 24.2 Å². The molecule has 0 saturated carbocycles. The molecule has 0 radical (unpaired) electrons. The Kier molecular flexibility index (Phi) is 4.10. The van der Waals surface area contributed by atoms with Gasteiger partial charge in [0, 0.05) is 37.3 Å². The largest absolute Gasteiger partial charge is 0.333 e. The van der Waals surface area contributed by atoms with Crippen LogP contribution in [0.5, 0.6) is 0 Å². The van der Waals surface area contributed by atoms with Gasteiger partial charge in [0.1, 0.15) is 0 Å². The monoisotopic (exact) mass is 337 g/mol. The standard InChI is InChI=1S/C16H23N3O3S/c1-11-8-14-9-13(4-5-15(14)19(11)23(3,21)22)16(20)18-7-6-17-10-12(18)2/h4-5,9,11-12,17H,6-8,10H2,1-3H3/t11?,12-/m1/s1. The van der Waals surface area contributed by atoms with E-state index in [1.807, 2.05) is 24.8 Å². The maximum Gasteiger partial charge on any atom is 0.254 e. The molecule has 1 aromatic carbocycles. The van der Waals surface area contributed by atoms with Crippen LogP contribution in [0.25, 0.3) is 0 Å². The van der Waals surface area contributed by atoms with E-state index in [-0.39, 0.29) is 18.0 Å². The summed E-state index contributed by atoms with van der Waals surface area (Å²) in [6.45, 7) is 6.23. The van der Waals surface area contributed by atoms with Gasteiger partial charge in [-0.05, 0) is 44.0 Å². The number of hydrogen-bond donors (Lipinski definition) is 1. The molecule has 3 rings (SSSR count). The summed E-state index contributed by atoms with van der Waals surface area (Å²) in [5.74, 6) is 0.0206. The Morgan fingerprint density at radius 2 is 2.00 bits per heavy atom. The number of carbonyl (C=O) groups excluding carboxylic acids is 1. The van der Waals surface area contributed by atoms with Crippen molar-refractivity contribution < 1.29 is 13.2 Å². The molecule has 126 valence electrons. The van der Waals surface area contributed by atoms with Crippen LogP contribution in [0.2, 0.25) is 0 Å². The van der Waals surface area contributed by atoms with E-state index in [4.69, 9.17) is 0 Å². The molecule has 1 amide bonds. The molecule has 6 nitrogen and oxygen atoms in total. The Hall–Kier alpha value is -1.60. The number of carbonyl (C=O) groups is 1. The average molecular weight is 337 g/mol. The van der Waals surface area contributed by atoms with Gasteiger partial charge in [-0.2, -0.15) is 0 Å². The first-order valence-corrected chi connectivity index (χ1v) is 9.78. The number of amides is 1. The molecule has 1 unspecified atom stereocenters. The number of nitrogens with zero attached hydrogens (tertiary/aromatic N) is 2. The first-order valence-electron chi connectivity index (χ1n) is 7.93. The molecule has 7 heteroatoms. The van der Waals surface area contributed by atoms with Crippen molar-refractivity contribution in [2.45, 2.75) is 32.4 Å². The molecule has 0 spiro atoms. The van der Waals surface area contributed by atoms with Crippen LogP contribution in [0.1, 0.15) is 29.8 Å². The van der Waals surface area contributed by atoms with Gasteiger partial charge in [-0.1, -0.05) is 0 Å². The van der Waals surface area contributed by atoms with Gasteiger partial charge in [-0.25, -0.2) is 8.42 Å². The Bertz CT molecular complexity index is 732. The molecule has 1 N–H and O–H groups in total. The minimum atomic E-state index is -3.30.